The number of nitrogens with zero attached hydrogens (tertiary/aromatic N) is 1. The van der Waals surface area contributed by atoms with Crippen molar-refractivity contribution in [3.8, 4) is 11.8 Å². The van der Waals surface area contributed by atoms with E-state index in [0.717, 1.165) is 12.1 Å². The number of aromatic amines is 1. The number of aromatic nitrogens is 1. The van der Waals surface area contributed by atoms with Crippen molar-refractivity contribution in [1.82, 2.24) is 4.98 Å². The standard InChI is InChI=1S/C23H22F4N2O2/c1-21(2,17-9-8-14(24)10-20(17)31-3)13-22(30,23(25,26)27)11-19-16(12-28)15-6-4-5-7-18(15)29-19/h4-10,29-30H,11,13H2,1-3H3. The average molecular weight is 434 g/mol. The average Bonchev–Trinajstić information content (AvgIpc) is 3.02. The molecule has 2 N–H and O–H groups in total. The van der Waals surface area contributed by atoms with Crippen molar-refractivity contribution < 1.29 is 27.4 Å². The minimum absolute atomic E-state index is 0.00500. The molecule has 1 unspecified atom stereocenters. The summed E-state index contributed by atoms with van der Waals surface area (Å²) in [5, 5.41) is 20.9. The molecule has 2 aromatic carbocycles. The van der Waals surface area contributed by atoms with E-state index in [1.165, 1.54) is 27.0 Å². The number of alkyl halides is 3. The second-order valence-corrected chi connectivity index (χ2v) is 8.25. The van der Waals surface area contributed by atoms with E-state index in [9.17, 15) is 27.9 Å². The summed E-state index contributed by atoms with van der Waals surface area (Å²) in [5.41, 5.74) is -3.47. The molecule has 3 aromatic rings. The lowest BCUT2D eigenvalue weighted by molar-refractivity contribution is -0.266. The van der Waals surface area contributed by atoms with E-state index in [0.29, 0.717) is 16.5 Å². The molecule has 0 aliphatic rings. The van der Waals surface area contributed by atoms with E-state index >= 15 is 0 Å². The van der Waals surface area contributed by atoms with E-state index in [1.54, 1.807) is 24.3 Å². The Kier molecular flexibility index (Phi) is 5.76. The Morgan fingerprint density at radius 1 is 1.13 bits per heavy atom. The summed E-state index contributed by atoms with van der Waals surface area (Å²) in [5.74, 6) is -0.489. The number of ether oxygens (including phenoxy) is 1. The van der Waals surface area contributed by atoms with Crippen LogP contribution in [0.2, 0.25) is 0 Å². The summed E-state index contributed by atoms with van der Waals surface area (Å²) in [4.78, 5) is 2.84. The Bertz CT molecular complexity index is 1140. The number of nitriles is 1. The Morgan fingerprint density at radius 3 is 2.42 bits per heavy atom. The number of H-pyrrole nitrogens is 1. The molecule has 0 fully saturated rings. The SMILES string of the molecule is COc1cc(F)ccc1C(C)(C)CC(O)(Cc1[nH]c2ccccc2c1C#N)C(F)(F)F. The van der Waals surface area contributed by atoms with Gasteiger partial charge in [-0.05, 0) is 24.0 Å². The van der Waals surface area contributed by atoms with Gasteiger partial charge in [0.1, 0.15) is 17.6 Å². The van der Waals surface area contributed by atoms with Crippen LogP contribution in [-0.2, 0) is 11.8 Å². The molecule has 1 aromatic heterocycles. The molecule has 164 valence electrons. The van der Waals surface area contributed by atoms with Crippen LogP contribution in [0.1, 0.15) is 37.1 Å². The fraction of sp³-hybridized carbons (Fsp3) is 0.348. The van der Waals surface area contributed by atoms with Crippen LogP contribution in [-0.4, -0.2) is 29.0 Å². The highest BCUT2D eigenvalue weighted by atomic mass is 19.4. The molecular weight excluding hydrogens is 412 g/mol. The molecule has 0 spiro atoms. The highest BCUT2D eigenvalue weighted by Gasteiger charge is 2.56. The molecule has 0 bridgehead atoms. The number of hydrogen-bond acceptors (Lipinski definition) is 3. The first kappa shape index (κ1) is 22.6. The molecule has 0 radical (unpaired) electrons. The van der Waals surface area contributed by atoms with Crippen molar-refractivity contribution in [3.63, 3.8) is 0 Å². The number of fused-ring (bicyclic) bond motifs is 1. The molecule has 4 nitrogen and oxygen atoms in total. The van der Waals surface area contributed by atoms with E-state index in [2.05, 4.69) is 4.98 Å². The number of rotatable bonds is 6. The van der Waals surface area contributed by atoms with Gasteiger partial charge in [-0.2, -0.15) is 18.4 Å². The van der Waals surface area contributed by atoms with Gasteiger partial charge in [0.05, 0.1) is 12.7 Å². The summed E-state index contributed by atoms with van der Waals surface area (Å²) < 4.78 is 61.1. The quantitative estimate of drug-likeness (QED) is 0.511. The maximum absolute atomic E-state index is 14.1. The topological polar surface area (TPSA) is 69.0 Å². The predicted octanol–water partition coefficient (Wildman–Crippen LogP) is 5.39. The molecule has 1 atom stereocenters. The van der Waals surface area contributed by atoms with Gasteiger partial charge in [0.25, 0.3) is 0 Å². The highest BCUT2D eigenvalue weighted by Crippen LogP contribution is 2.45. The highest BCUT2D eigenvalue weighted by molar-refractivity contribution is 5.87. The van der Waals surface area contributed by atoms with Gasteiger partial charge in [-0.3, -0.25) is 0 Å². The number of para-hydroxylation sites is 1. The maximum atomic E-state index is 14.1. The third kappa shape index (κ3) is 4.23. The Hall–Kier alpha value is -3.05. The van der Waals surface area contributed by atoms with E-state index < -0.39 is 35.9 Å². The number of nitrogens with one attached hydrogen (secondary N) is 1. The Balaban J connectivity index is 2.06. The summed E-state index contributed by atoms with van der Waals surface area (Å²) >= 11 is 0. The zero-order valence-electron chi connectivity index (χ0n) is 17.3. The van der Waals surface area contributed by atoms with Gasteiger partial charge >= 0.3 is 6.18 Å². The molecular formula is C23H22F4N2O2. The van der Waals surface area contributed by atoms with Crippen molar-refractivity contribution in [3.05, 3.63) is 65.1 Å². The minimum Gasteiger partial charge on any atom is -0.496 e. The van der Waals surface area contributed by atoms with Crippen LogP contribution in [0.25, 0.3) is 10.9 Å². The zero-order chi connectivity index (χ0) is 23.0. The first-order chi connectivity index (χ1) is 14.4. The van der Waals surface area contributed by atoms with Crippen LogP contribution in [0, 0.1) is 17.1 Å². The summed E-state index contributed by atoms with van der Waals surface area (Å²) in [7, 11) is 1.30. The number of hydrogen-bond donors (Lipinski definition) is 2. The van der Waals surface area contributed by atoms with Gasteiger partial charge in [-0.15, -0.1) is 0 Å². The minimum atomic E-state index is -4.98. The lowest BCUT2D eigenvalue weighted by atomic mass is 9.73. The largest absolute Gasteiger partial charge is 0.496 e. The van der Waals surface area contributed by atoms with Gasteiger partial charge in [-0.25, -0.2) is 4.39 Å². The predicted molar refractivity (Wildman–Crippen MR) is 108 cm³/mol. The van der Waals surface area contributed by atoms with E-state index in [1.807, 2.05) is 6.07 Å². The normalized spacial score (nSPS) is 14.3. The van der Waals surface area contributed by atoms with Crippen LogP contribution >= 0.6 is 0 Å². The number of halogens is 4. The van der Waals surface area contributed by atoms with Crippen molar-refractivity contribution in [1.29, 1.82) is 5.26 Å². The molecule has 0 aliphatic heterocycles. The van der Waals surface area contributed by atoms with Gasteiger partial charge in [0.15, 0.2) is 5.60 Å². The fourth-order valence-electron chi connectivity index (χ4n) is 4.06. The van der Waals surface area contributed by atoms with Gasteiger partial charge in [-0.1, -0.05) is 38.1 Å². The van der Waals surface area contributed by atoms with E-state index in [4.69, 9.17) is 4.74 Å². The molecule has 0 saturated carbocycles. The Morgan fingerprint density at radius 2 is 1.81 bits per heavy atom. The summed E-state index contributed by atoms with van der Waals surface area (Å²) in [6.45, 7) is 3.05. The third-order valence-corrected chi connectivity index (χ3v) is 5.52. The third-order valence-electron chi connectivity index (χ3n) is 5.52. The van der Waals surface area contributed by atoms with Crippen LogP contribution in [0.4, 0.5) is 17.6 Å². The maximum Gasteiger partial charge on any atom is 0.417 e. The molecule has 31 heavy (non-hydrogen) atoms. The van der Waals surface area contributed by atoms with Crippen molar-refractivity contribution in [2.24, 2.45) is 0 Å². The van der Waals surface area contributed by atoms with Crippen LogP contribution in [0.3, 0.4) is 0 Å². The van der Waals surface area contributed by atoms with E-state index in [-0.39, 0.29) is 17.0 Å². The molecule has 0 amide bonds. The van der Waals surface area contributed by atoms with Crippen LogP contribution in [0.5, 0.6) is 5.75 Å². The van der Waals surface area contributed by atoms with Gasteiger partial charge < -0.3 is 14.8 Å². The summed E-state index contributed by atoms with van der Waals surface area (Å²) in [6.07, 6.45) is -6.55. The second kappa shape index (κ2) is 7.89. The number of benzene rings is 2. The van der Waals surface area contributed by atoms with Crippen molar-refractivity contribution in [2.45, 2.75) is 43.9 Å². The first-order valence-electron chi connectivity index (χ1n) is 9.55. The first-order valence-corrected chi connectivity index (χ1v) is 9.55. The molecule has 3 rings (SSSR count). The molecule has 0 saturated heterocycles. The monoisotopic (exact) mass is 434 g/mol. The molecule has 1 heterocycles. The van der Waals surface area contributed by atoms with Gasteiger partial charge in [0.2, 0.25) is 0 Å². The zero-order valence-corrected chi connectivity index (χ0v) is 17.3. The van der Waals surface area contributed by atoms with Crippen molar-refractivity contribution in [2.75, 3.05) is 7.11 Å². The number of methoxy groups -OCH3 is 1. The smallest absolute Gasteiger partial charge is 0.417 e. The fourth-order valence-corrected chi connectivity index (χ4v) is 4.06. The van der Waals surface area contributed by atoms with Crippen molar-refractivity contribution >= 4 is 10.9 Å². The number of aliphatic hydroxyl groups is 1. The molecule has 0 aliphatic carbocycles. The van der Waals surface area contributed by atoms with Crippen LogP contribution < -0.4 is 4.74 Å². The Labute approximate surface area is 177 Å². The summed E-state index contributed by atoms with van der Waals surface area (Å²) in [6, 6.07) is 12.2. The lowest BCUT2D eigenvalue weighted by Gasteiger charge is -2.38. The van der Waals surface area contributed by atoms with Crippen LogP contribution in [0.15, 0.2) is 42.5 Å². The van der Waals surface area contributed by atoms with Gasteiger partial charge in [0, 0.05) is 34.6 Å². The lowest BCUT2D eigenvalue weighted by Crippen LogP contribution is -2.51. The second-order valence-electron chi connectivity index (χ2n) is 8.25. The molecule has 8 heteroatoms.